The Hall–Kier alpha value is -0.280. The van der Waals surface area contributed by atoms with Crippen LogP contribution in [0, 0.1) is 23.7 Å². The van der Waals surface area contributed by atoms with Crippen LogP contribution in [0.15, 0.2) is 0 Å². The zero-order valence-corrected chi connectivity index (χ0v) is 12.6. The summed E-state index contributed by atoms with van der Waals surface area (Å²) < 4.78 is 0. The molecule has 2 bridgehead atoms. The summed E-state index contributed by atoms with van der Waals surface area (Å²) in [5, 5.41) is 3.31. The number of carbonyl (C=O) groups excluding carboxylic acids is 1. The standard InChI is InChI=1S/C15H26N2O.ClH/c1-9-4-2-3-5-12(9)17-15(18)13-10-6-7-11(8-10)14(13)16;/h9-14H,2-8,16H2,1H3,(H,17,18);1H. The van der Waals surface area contributed by atoms with Gasteiger partial charge in [0.25, 0.3) is 0 Å². The van der Waals surface area contributed by atoms with Crippen LogP contribution in [0.1, 0.15) is 51.9 Å². The molecule has 0 spiro atoms. The molecule has 0 aromatic carbocycles. The first-order chi connectivity index (χ1) is 8.66. The van der Waals surface area contributed by atoms with Crippen LogP contribution in [0.2, 0.25) is 0 Å². The maximum absolute atomic E-state index is 12.5. The van der Waals surface area contributed by atoms with Crippen LogP contribution >= 0.6 is 12.4 Å². The second-order valence-corrected chi connectivity index (χ2v) is 6.81. The van der Waals surface area contributed by atoms with Crippen molar-refractivity contribution in [2.24, 2.45) is 29.4 Å². The Morgan fingerprint density at radius 3 is 2.42 bits per heavy atom. The minimum atomic E-state index is 0. The van der Waals surface area contributed by atoms with E-state index in [1.807, 2.05) is 0 Å². The lowest BCUT2D eigenvalue weighted by Gasteiger charge is -2.33. The van der Waals surface area contributed by atoms with Gasteiger partial charge in [0, 0.05) is 12.1 Å². The SMILES string of the molecule is CC1CCCCC1NC(=O)C1C2CCC(C2)C1N.Cl. The van der Waals surface area contributed by atoms with Gasteiger partial charge in [0.2, 0.25) is 5.91 Å². The molecular formula is C15H27ClN2O. The van der Waals surface area contributed by atoms with E-state index in [9.17, 15) is 4.79 Å². The molecule has 3 N–H and O–H groups in total. The minimum absolute atomic E-state index is 0. The van der Waals surface area contributed by atoms with E-state index in [4.69, 9.17) is 5.73 Å². The molecular weight excluding hydrogens is 260 g/mol. The van der Waals surface area contributed by atoms with E-state index in [1.165, 1.54) is 38.5 Å². The number of nitrogens with two attached hydrogens (primary N) is 1. The first kappa shape index (κ1) is 15.1. The fourth-order valence-corrected chi connectivity index (χ4v) is 4.53. The van der Waals surface area contributed by atoms with Gasteiger partial charge in [-0.1, -0.05) is 19.8 Å². The van der Waals surface area contributed by atoms with Crippen molar-refractivity contribution >= 4 is 18.3 Å². The van der Waals surface area contributed by atoms with Crippen LogP contribution in [0.25, 0.3) is 0 Å². The Labute approximate surface area is 122 Å². The number of carbonyl (C=O) groups is 1. The number of amides is 1. The number of nitrogens with one attached hydrogen (secondary N) is 1. The zero-order valence-electron chi connectivity index (χ0n) is 11.8. The van der Waals surface area contributed by atoms with Gasteiger partial charge in [-0.2, -0.15) is 0 Å². The Bertz CT molecular complexity index is 334. The highest BCUT2D eigenvalue weighted by atomic mass is 35.5. The van der Waals surface area contributed by atoms with E-state index in [-0.39, 0.29) is 30.3 Å². The van der Waals surface area contributed by atoms with E-state index < -0.39 is 0 Å². The number of fused-ring (bicyclic) bond motifs is 2. The first-order valence-electron chi connectivity index (χ1n) is 7.72. The maximum atomic E-state index is 12.5. The number of hydrogen-bond acceptors (Lipinski definition) is 2. The van der Waals surface area contributed by atoms with Crippen molar-refractivity contribution in [3.63, 3.8) is 0 Å². The van der Waals surface area contributed by atoms with Gasteiger partial charge in [0.05, 0.1) is 5.92 Å². The van der Waals surface area contributed by atoms with Gasteiger partial charge in [-0.3, -0.25) is 4.79 Å². The number of hydrogen-bond donors (Lipinski definition) is 2. The van der Waals surface area contributed by atoms with Crippen molar-refractivity contribution in [1.82, 2.24) is 5.32 Å². The van der Waals surface area contributed by atoms with Crippen LogP contribution in [0.4, 0.5) is 0 Å². The summed E-state index contributed by atoms with van der Waals surface area (Å²) in [4.78, 5) is 12.5. The van der Waals surface area contributed by atoms with Gasteiger partial charge >= 0.3 is 0 Å². The molecule has 110 valence electrons. The predicted octanol–water partition coefficient (Wildman–Crippen LogP) is 2.48. The molecule has 0 saturated heterocycles. The lowest BCUT2D eigenvalue weighted by atomic mass is 9.82. The van der Waals surface area contributed by atoms with Crippen LogP contribution < -0.4 is 11.1 Å². The molecule has 1 amide bonds. The van der Waals surface area contributed by atoms with E-state index in [0.29, 0.717) is 23.8 Å². The molecule has 0 radical (unpaired) electrons. The second kappa shape index (κ2) is 6.01. The predicted molar refractivity (Wildman–Crippen MR) is 79.1 cm³/mol. The molecule has 3 aliphatic carbocycles. The van der Waals surface area contributed by atoms with Crippen LogP contribution in [0.5, 0.6) is 0 Å². The molecule has 6 unspecified atom stereocenters. The van der Waals surface area contributed by atoms with Crippen LogP contribution in [0.3, 0.4) is 0 Å². The Morgan fingerprint density at radius 2 is 1.79 bits per heavy atom. The highest BCUT2D eigenvalue weighted by Gasteiger charge is 2.49. The molecule has 3 saturated carbocycles. The lowest BCUT2D eigenvalue weighted by molar-refractivity contribution is -0.128. The van der Waals surface area contributed by atoms with Gasteiger partial charge in [0.15, 0.2) is 0 Å². The fourth-order valence-electron chi connectivity index (χ4n) is 4.53. The van der Waals surface area contributed by atoms with Gasteiger partial charge in [-0.15, -0.1) is 12.4 Å². The van der Waals surface area contributed by atoms with E-state index in [2.05, 4.69) is 12.2 Å². The molecule has 3 fully saturated rings. The number of rotatable bonds is 2. The smallest absolute Gasteiger partial charge is 0.225 e. The molecule has 3 nitrogen and oxygen atoms in total. The third kappa shape index (κ3) is 2.78. The van der Waals surface area contributed by atoms with Gasteiger partial charge in [-0.25, -0.2) is 0 Å². The molecule has 0 aromatic heterocycles. The molecule has 0 heterocycles. The molecule has 0 aliphatic heterocycles. The zero-order chi connectivity index (χ0) is 12.7. The normalized spacial score (nSPS) is 44.7. The Balaban J connectivity index is 0.00000133. The summed E-state index contributed by atoms with van der Waals surface area (Å²) in [7, 11) is 0. The summed E-state index contributed by atoms with van der Waals surface area (Å²) in [5.74, 6) is 2.20. The highest BCUT2D eigenvalue weighted by Crippen LogP contribution is 2.47. The van der Waals surface area contributed by atoms with E-state index in [0.717, 1.165) is 6.42 Å². The minimum Gasteiger partial charge on any atom is -0.353 e. The number of halogens is 1. The Morgan fingerprint density at radius 1 is 1.11 bits per heavy atom. The van der Waals surface area contributed by atoms with Crippen molar-refractivity contribution in [2.75, 3.05) is 0 Å². The highest BCUT2D eigenvalue weighted by molar-refractivity contribution is 5.85. The van der Waals surface area contributed by atoms with E-state index >= 15 is 0 Å². The summed E-state index contributed by atoms with van der Waals surface area (Å²) in [6.07, 6.45) is 8.65. The third-order valence-electron chi connectivity index (χ3n) is 5.72. The third-order valence-corrected chi connectivity index (χ3v) is 5.72. The topological polar surface area (TPSA) is 55.1 Å². The quantitative estimate of drug-likeness (QED) is 0.819. The lowest BCUT2D eigenvalue weighted by Crippen LogP contribution is -2.50. The fraction of sp³-hybridized carbons (Fsp3) is 0.933. The summed E-state index contributed by atoms with van der Waals surface area (Å²) in [6, 6.07) is 0.528. The Kier molecular flexibility index (Phi) is 4.78. The van der Waals surface area contributed by atoms with E-state index in [1.54, 1.807) is 0 Å². The molecule has 4 heteroatoms. The monoisotopic (exact) mass is 286 g/mol. The molecule has 3 rings (SSSR count). The van der Waals surface area contributed by atoms with Crippen LogP contribution in [-0.4, -0.2) is 18.0 Å². The second-order valence-electron chi connectivity index (χ2n) is 6.81. The van der Waals surface area contributed by atoms with Crippen molar-refractivity contribution in [3.8, 4) is 0 Å². The van der Waals surface area contributed by atoms with Gasteiger partial charge < -0.3 is 11.1 Å². The van der Waals surface area contributed by atoms with Crippen molar-refractivity contribution in [2.45, 2.75) is 64.0 Å². The average Bonchev–Trinajstić information content (AvgIpc) is 2.92. The van der Waals surface area contributed by atoms with Crippen LogP contribution in [-0.2, 0) is 4.79 Å². The van der Waals surface area contributed by atoms with Gasteiger partial charge in [0.1, 0.15) is 0 Å². The summed E-state index contributed by atoms with van der Waals surface area (Å²) in [6.45, 7) is 2.27. The van der Waals surface area contributed by atoms with Crippen molar-refractivity contribution < 1.29 is 4.79 Å². The largest absolute Gasteiger partial charge is 0.353 e. The van der Waals surface area contributed by atoms with Crippen molar-refractivity contribution in [1.29, 1.82) is 0 Å². The first-order valence-corrected chi connectivity index (χ1v) is 7.72. The molecule has 19 heavy (non-hydrogen) atoms. The van der Waals surface area contributed by atoms with Crippen molar-refractivity contribution in [3.05, 3.63) is 0 Å². The van der Waals surface area contributed by atoms with Gasteiger partial charge in [-0.05, 0) is 49.9 Å². The molecule has 6 atom stereocenters. The molecule has 0 aromatic rings. The summed E-state index contributed by atoms with van der Waals surface area (Å²) in [5.41, 5.74) is 6.24. The average molecular weight is 287 g/mol. The maximum Gasteiger partial charge on any atom is 0.225 e. The molecule has 3 aliphatic rings. The summed E-state index contributed by atoms with van der Waals surface area (Å²) >= 11 is 0.